The van der Waals surface area contributed by atoms with E-state index < -0.39 is 4.92 Å². The predicted molar refractivity (Wildman–Crippen MR) is 121 cm³/mol. The molecule has 10 nitrogen and oxygen atoms in total. The van der Waals surface area contributed by atoms with Gasteiger partial charge in [-0.25, -0.2) is 4.39 Å². The third-order valence-corrected chi connectivity index (χ3v) is 7.10. The number of nitro groups is 1. The Kier molecular flexibility index (Phi) is 4.76. The summed E-state index contributed by atoms with van der Waals surface area (Å²) in [7, 11) is 1.69. The maximum absolute atomic E-state index is 14.2. The Morgan fingerprint density at radius 1 is 1.29 bits per heavy atom. The summed E-state index contributed by atoms with van der Waals surface area (Å²) < 4.78 is 23.5. The number of rotatable bonds is 7. The van der Waals surface area contributed by atoms with Crippen LogP contribution in [0.3, 0.4) is 0 Å². The topological polar surface area (TPSA) is 104 Å². The van der Waals surface area contributed by atoms with Gasteiger partial charge in [-0.3, -0.25) is 4.40 Å². The molecule has 2 aliphatic rings. The van der Waals surface area contributed by atoms with Gasteiger partial charge in [-0.2, -0.15) is 4.68 Å². The molecule has 4 heterocycles. The zero-order valence-corrected chi connectivity index (χ0v) is 18.7. The summed E-state index contributed by atoms with van der Waals surface area (Å²) in [6, 6.07) is 7.15. The maximum atomic E-state index is 14.2. The molecular weight excluding hydrogens is 441 g/mol. The Morgan fingerprint density at radius 2 is 2.12 bits per heavy atom. The molecule has 3 aromatic heterocycles. The molecule has 1 saturated heterocycles. The van der Waals surface area contributed by atoms with E-state index in [4.69, 9.17) is 4.74 Å². The van der Waals surface area contributed by atoms with Crippen molar-refractivity contribution < 1.29 is 14.1 Å². The van der Waals surface area contributed by atoms with E-state index in [0.717, 1.165) is 38.9 Å². The number of halogens is 1. The number of hydrogen-bond acceptors (Lipinski definition) is 7. The number of pyridine rings is 1. The molecule has 176 valence electrons. The van der Waals surface area contributed by atoms with E-state index in [1.807, 2.05) is 12.1 Å². The Morgan fingerprint density at radius 3 is 2.91 bits per heavy atom. The number of aryl methyl sites for hydroxylation is 2. The molecule has 1 aromatic carbocycles. The number of hydrogen-bond donors (Lipinski definition) is 0. The van der Waals surface area contributed by atoms with Crippen LogP contribution in [0.15, 0.2) is 36.8 Å². The Balaban J connectivity index is 0.987. The molecule has 11 heteroatoms. The fraction of sp³-hybridized carbons (Fsp3) is 0.435. The molecule has 1 spiro atoms. The largest absolute Gasteiger partial charge is 0.490 e. The maximum Gasteiger partial charge on any atom is 0.397 e. The first-order chi connectivity index (χ1) is 16.4. The number of fused-ring (bicyclic) bond motifs is 2. The molecule has 0 unspecified atom stereocenters. The van der Waals surface area contributed by atoms with Crippen LogP contribution in [0.1, 0.15) is 24.8 Å². The van der Waals surface area contributed by atoms with Crippen molar-refractivity contribution in [3.05, 3.63) is 58.3 Å². The summed E-state index contributed by atoms with van der Waals surface area (Å²) in [6.45, 7) is 3.00. The summed E-state index contributed by atoms with van der Waals surface area (Å²) in [5, 5.41) is 23.5. The summed E-state index contributed by atoms with van der Waals surface area (Å²) in [5.41, 5.74) is 2.36. The van der Waals surface area contributed by atoms with Gasteiger partial charge >= 0.3 is 5.82 Å². The van der Waals surface area contributed by atoms with Crippen LogP contribution in [-0.2, 0) is 13.5 Å². The van der Waals surface area contributed by atoms with E-state index >= 15 is 0 Å². The minimum Gasteiger partial charge on any atom is -0.490 e. The fourth-order valence-electron chi connectivity index (χ4n) is 5.50. The van der Waals surface area contributed by atoms with E-state index in [2.05, 4.69) is 20.2 Å². The van der Waals surface area contributed by atoms with Gasteiger partial charge in [0.25, 0.3) is 0 Å². The van der Waals surface area contributed by atoms with Crippen LogP contribution in [0, 0.1) is 21.3 Å². The molecule has 6 rings (SSSR count). The SMILES string of the molecule is Cn1nc([N+](=O)[O-])c2cc(OC3CC4(C3)CN(CCCc3cc5nncn5cc3F)C4)ccc21. The number of ether oxygens (including phenoxy) is 1. The first-order valence-electron chi connectivity index (χ1n) is 11.4. The predicted octanol–water partition coefficient (Wildman–Crippen LogP) is 3.14. The summed E-state index contributed by atoms with van der Waals surface area (Å²) in [6.07, 6.45) is 6.58. The Hall–Kier alpha value is -3.60. The van der Waals surface area contributed by atoms with E-state index in [1.165, 1.54) is 17.2 Å². The number of benzene rings is 1. The lowest BCUT2D eigenvalue weighted by Crippen LogP contribution is -2.64. The molecule has 34 heavy (non-hydrogen) atoms. The van der Waals surface area contributed by atoms with Crippen molar-refractivity contribution in [3.63, 3.8) is 0 Å². The Labute approximate surface area is 194 Å². The first-order valence-corrected chi connectivity index (χ1v) is 11.4. The molecule has 1 aliphatic heterocycles. The van der Waals surface area contributed by atoms with Crippen molar-refractivity contribution in [2.24, 2.45) is 12.5 Å². The second-order valence-corrected chi connectivity index (χ2v) is 9.59. The van der Waals surface area contributed by atoms with E-state index in [1.54, 1.807) is 23.6 Å². The zero-order valence-electron chi connectivity index (χ0n) is 18.7. The van der Waals surface area contributed by atoms with Crippen LogP contribution in [-0.4, -0.2) is 59.9 Å². The standard InChI is InChI=1S/C23H24FN7O3/c1-28-20-5-4-16(8-18(20)22(27-28)31(32)33)34-17-9-23(10-17)12-29(13-23)6-2-3-15-7-21-26-25-14-30(21)11-19(15)24/h4-5,7-8,11,14,17H,2-3,6,9-10,12-13H2,1H3. The monoisotopic (exact) mass is 465 g/mol. The van der Waals surface area contributed by atoms with Gasteiger partial charge in [0, 0.05) is 24.7 Å². The van der Waals surface area contributed by atoms with Gasteiger partial charge in [0.2, 0.25) is 0 Å². The lowest BCUT2D eigenvalue weighted by Gasteiger charge is -2.58. The molecular formula is C23H24FN7O3. The van der Waals surface area contributed by atoms with Crippen molar-refractivity contribution in [2.75, 3.05) is 19.6 Å². The van der Waals surface area contributed by atoms with Crippen LogP contribution in [0.4, 0.5) is 10.2 Å². The molecule has 2 fully saturated rings. The number of aromatic nitrogens is 5. The van der Waals surface area contributed by atoms with Crippen molar-refractivity contribution in [1.82, 2.24) is 29.3 Å². The molecule has 0 N–H and O–H groups in total. The van der Waals surface area contributed by atoms with Gasteiger partial charge in [0.05, 0.1) is 23.8 Å². The Bertz CT molecular complexity index is 1400. The number of nitrogens with zero attached hydrogens (tertiary/aromatic N) is 7. The molecule has 0 radical (unpaired) electrons. The van der Waals surface area contributed by atoms with Crippen LogP contribution < -0.4 is 4.74 Å². The summed E-state index contributed by atoms with van der Waals surface area (Å²) >= 11 is 0. The summed E-state index contributed by atoms with van der Waals surface area (Å²) in [4.78, 5) is 13.2. The fourth-order valence-corrected chi connectivity index (χ4v) is 5.50. The van der Waals surface area contributed by atoms with Gasteiger partial charge < -0.3 is 19.8 Å². The molecule has 0 atom stereocenters. The summed E-state index contributed by atoms with van der Waals surface area (Å²) in [5.74, 6) is 0.274. The zero-order chi connectivity index (χ0) is 23.4. The van der Waals surface area contributed by atoms with Crippen LogP contribution >= 0.6 is 0 Å². The molecule has 0 bridgehead atoms. The minimum atomic E-state index is -0.463. The van der Waals surface area contributed by atoms with Crippen molar-refractivity contribution >= 4 is 22.4 Å². The average molecular weight is 465 g/mol. The van der Waals surface area contributed by atoms with Crippen LogP contribution in [0.5, 0.6) is 5.75 Å². The van der Waals surface area contributed by atoms with E-state index in [-0.39, 0.29) is 17.7 Å². The average Bonchev–Trinajstić information content (AvgIpc) is 3.34. The van der Waals surface area contributed by atoms with Crippen molar-refractivity contribution in [2.45, 2.75) is 31.8 Å². The molecule has 1 aliphatic carbocycles. The second kappa shape index (κ2) is 7.73. The van der Waals surface area contributed by atoms with Crippen LogP contribution in [0.25, 0.3) is 16.6 Å². The lowest BCUT2D eigenvalue weighted by molar-refractivity contribution is -0.388. The van der Waals surface area contributed by atoms with Crippen molar-refractivity contribution in [3.8, 4) is 5.75 Å². The quantitative estimate of drug-likeness (QED) is 0.305. The normalized spacial score (nSPS) is 17.8. The van der Waals surface area contributed by atoms with Gasteiger partial charge in [-0.05, 0) is 67.0 Å². The second-order valence-electron chi connectivity index (χ2n) is 9.59. The van der Waals surface area contributed by atoms with Gasteiger partial charge in [0.1, 0.15) is 23.3 Å². The van der Waals surface area contributed by atoms with Gasteiger partial charge in [-0.15, -0.1) is 10.2 Å². The molecule has 0 amide bonds. The highest BCUT2D eigenvalue weighted by molar-refractivity contribution is 5.88. The smallest absolute Gasteiger partial charge is 0.397 e. The highest BCUT2D eigenvalue weighted by atomic mass is 19.1. The van der Waals surface area contributed by atoms with Crippen molar-refractivity contribution in [1.29, 1.82) is 0 Å². The van der Waals surface area contributed by atoms with Gasteiger partial charge in [-0.1, -0.05) is 0 Å². The minimum absolute atomic E-state index is 0.124. The van der Waals surface area contributed by atoms with E-state index in [0.29, 0.717) is 39.7 Å². The third-order valence-electron chi connectivity index (χ3n) is 7.10. The number of likely N-dealkylation sites (tertiary alicyclic amines) is 1. The highest BCUT2D eigenvalue weighted by Gasteiger charge is 2.53. The first kappa shape index (κ1) is 21.0. The lowest BCUT2D eigenvalue weighted by atomic mass is 9.61. The third kappa shape index (κ3) is 3.56. The van der Waals surface area contributed by atoms with E-state index in [9.17, 15) is 14.5 Å². The van der Waals surface area contributed by atoms with Crippen LogP contribution in [0.2, 0.25) is 0 Å². The highest BCUT2D eigenvalue weighted by Crippen LogP contribution is 2.49. The molecule has 1 saturated carbocycles. The van der Waals surface area contributed by atoms with Gasteiger partial charge in [0.15, 0.2) is 5.65 Å². The molecule has 4 aromatic rings.